The molecule has 0 heterocycles. The van der Waals surface area contributed by atoms with Crippen molar-refractivity contribution in [2.45, 2.75) is 66.2 Å². The van der Waals surface area contributed by atoms with Crippen LogP contribution in [-0.4, -0.2) is 13.2 Å². The van der Waals surface area contributed by atoms with Crippen molar-refractivity contribution in [2.24, 2.45) is 23.2 Å². The molecule has 0 N–H and O–H groups in total. The molecule has 0 saturated heterocycles. The number of hydrogen-bond acceptors (Lipinski definition) is 2. The van der Waals surface area contributed by atoms with Gasteiger partial charge in [-0.2, -0.15) is 5.26 Å². The predicted octanol–water partition coefficient (Wildman–Crippen LogP) is 4.80. The fourth-order valence-corrected chi connectivity index (χ4v) is 2.97. The SMILES string of the molecule is CC(C)CCOCCC1(C#N)CCC(C(C)C)CC1. The molecular formula is C17H31NO. The van der Waals surface area contributed by atoms with Gasteiger partial charge in [-0.25, -0.2) is 0 Å². The molecule has 0 unspecified atom stereocenters. The first-order valence-electron chi connectivity index (χ1n) is 7.98. The number of hydrogen-bond donors (Lipinski definition) is 0. The van der Waals surface area contributed by atoms with E-state index >= 15 is 0 Å². The second kappa shape index (κ2) is 7.90. The summed E-state index contributed by atoms with van der Waals surface area (Å²) >= 11 is 0. The van der Waals surface area contributed by atoms with Crippen LogP contribution in [0.1, 0.15) is 66.2 Å². The molecule has 0 atom stereocenters. The van der Waals surface area contributed by atoms with Gasteiger partial charge >= 0.3 is 0 Å². The predicted molar refractivity (Wildman–Crippen MR) is 79.7 cm³/mol. The zero-order valence-corrected chi connectivity index (χ0v) is 13.2. The Morgan fingerprint density at radius 2 is 1.79 bits per heavy atom. The molecule has 19 heavy (non-hydrogen) atoms. The third-order valence-corrected chi connectivity index (χ3v) is 4.73. The van der Waals surface area contributed by atoms with Gasteiger partial charge in [-0.1, -0.05) is 27.7 Å². The standard InChI is InChI=1S/C17H31NO/c1-14(2)7-11-19-12-10-17(13-18)8-5-16(6-9-17)15(3)4/h14-16H,5-12H2,1-4H3. The molecular weight excluding hydrogens is 234 g/mol. The normalized spacial score (nSPS) is 27.7. The van der Waals surface area contributed by atoms with Gasteiger partial charge in [0.1, 0.15) is 0 Å². The van der Waals surface area contributed by atoms with Crippen LogP contribution >= 0.6 is 0 Å². The van der Waals surface area contributed by atoms with Crippen LogP contribution in [0.25, 0.3) is 0 Å². The Bertz CT molecular complexity index is 282. The molecule has 0 aromatic rings. The maximum Gasteiger partial charge on any atom is 0.0690 e. The lowest BCUT2D eigenvalue weighted by molar-refractivity contribution is 0.0786. The highest BCUT2D eigenvalue weighted by Crippen LogP contribution is 2.43. The molecule has 1 rings (SSSR count). The third-order valence-electron chi connectivity index (χ3n) is 4.73. The minimum Gasteiger partial charge on any atom is -0.381 e. The van der Waals surface area contributed by atoms with Gasteiger partial charge in [-0.3, -0.25) is 0 Å². The van der Waals surface area contributed by atoms with Gasteiger partial charge in [0, 0.05) is 13.2 Å². The quantitative estimate of drug-likeness (QED) is 0.620. The maximum absolute atomic E-state index is 9.51. The minimum absolute atomic E-state index is 0.0940. The van der Waals surface area contributed by atoms with Crippen LogP contribution in [0.15, 0.2) is 0 Å². The van der Waals surface area contributed by atoms with Crippen molar-refractivity contribution in [1.82, 2.24) is 0 Å². The van der Waals surface area contributed by atoms with Gasteiger partial charge in [0.2, 0.25) is 0 Å². The Morgan fingerprint density at radius 3 is 2.26 bits per heavy atom. The Balaban J connectivity index is 2.28. The Labute approximate surface area is 119 Å². The summed E-state index contributed by atoms with van der Waals surface area (Å²) in [6.45, 7) is 10.6. The molecule has 2 heteroatoms. The van der Waals surface area contributed by atoms with Crippen molar-refractivity contribution >= 4 is 0 Å². The first-order chi connectivity index (χ1) is 8.99. The summed E-state index contributed by atoms with van der Waals surface area (Å²) in [5.41, 5.74) is -0.0940. The van der Waals surface area contributed by atoms with Crippen LogP contribution in [0.3, 0.4) is 0 Å². The Morgan fingerprint density at radius 1 is 1.16 bits per heavy atom. The van der Waals surface area contributed by atoms with Crippen LogP contribution in [0.5, 0.6) is 0 Å². The van der Waals surface area contributed by atoms with E-state index in [0.717, 1.165) is 50.7 Å². The van der Waals surface area contributed by atoms with E-state index in [2.05, 4.69) is 33.8 Å². The van der Waals surface area contributed by atoms with Gasteiger partial charge in [-0.05, 0) is 56.3 Å². The largest absolute Gasteiger partial charge is 0.381 e. The van der Waals surface area contributed by atoms with Crippen LogP contribution in [0.2, 0.25) is 0 Å². The second-order valence-electron chi connectivity index (χ2n) is 7.02. The van der Waals surface area contributed by atoms with E-state index < -0.39 is 0 Å². The maximum atomic E-state index is 9.51. The molecule has 0 amide bonds. The molecule has 0 radical (unpaired) electrons. The van der Waals surface area contributed by atoms with Crippen LogP contribution in [-0.2, 0) is 4.74 Å². The van der Waals surface area contributed by atoms with Crippen molar-refractivity contribution in [3.63, 3.8) is 0 Å². The zero-order chi connectivity index (χ0) is 14.3. The summed E-state index contributed by atoms with van der Waals surface area (Å²) in [7, 11) is 0. The molecule has 1 aliphatic rings. The summed E-state index contributed by atoms with van der Waals surface area (Å²) in [5, 5.41) is 9.51. The molecule has 1 saturated carbocycles. The summed E-state index contributed by atoms with van der Waals surface area (Å²) in [4.78, 5) is 0. The van der Waals surface area contributed by atoms with E-state index in [4.69, 9.17) is 4.74 Å². The van der Waals surface area contributed by atoms with Crippen LogP contribution < -0.4 is 0 Å². The van der Waals surface area contributed by atoms with E-state index in [-0.39, 0.29) is 5.41 Å². The van der Waals surface area contributed by atoms with Gasteiger partial charge in [-0.15, -0.1) is 0 Å². The monoisotopic (exact) mass is 265 g/mol. The number of rotatable bonds is 7. The highest BCUT2D eigenvalue weighted by atomic mass is 16.5. The molecule has 0 spiro atoms. The summed E-state index contributed by atoms with van der Waals surface area (Å²) in [6.07, 6.45) is 6.62. The Hall–Kier alpha value is -0.550. The second-order valence-corrected chi connectivity index (χ2v) is 7.02. The van der Waals surface area contributed by atoms with Crippen molar-refractivity contribution < 1.29 is 4.74 Å². The van der Waals surface area contributed by atoms with Crippen molar-refractivity contribution in [1.29, 1.82) is 5.26 Å². The van der Waals surface area contributed by atoms with Crippen molar-refractivity contribution in [3.05, 3.63) is 0 Å². The lowest BCUT2D eigenvalue weighted by Crippen LogP contribution is -2.29. The van der Waals surface area contributed by atoms with E-state index in [9.17, 15) is 5.26 Å². The third kappa shape index (κ3) is 5.53. The van der Waals surface area contributed by atoms with Crippen molar-refractivity contribution in [3.8, 4) is 6.07 Å². The minimum atomic E-state index is -0.0940. The lowest BCUT2D eigenvalue weighted by Gasteiger charge is -2.36. The smallest absolute Gasteiger partial charge is 0.0690 e. The molecule has 0 aromatic heterocycles. The fraction of sp³-hybridized carbons (Fsp3) is 0.941. The van der Waals surface area contributed by atoms with Crippen LogP contribution in [0.4, 0.5) is 0 Å². The highest BCUT2D eigenvalue weighted by Gasteiger charge is 2.35. The van der Waals surface area contributed by atoms with E-state index in [1.54, 1.807) is 0 Å². The zero-order valence-electron chi connectivity index (χ0n) is 13.2. The average molecular weight is 265 g/mol. The van der Waals surface area contributed by atoms with E-state index in [0.29, 0.717) is 5.92 Å². The molecule has 0 aromatic carbocycles. The van der Waals surface area contributed by atoms with Gasteiger partial charge < -0.3 is 4.74 Å². The van der Waals surface area contributed by atoms with Gasteiger partial charge in [0.15, 0.2) is 0 Å². The first-order valence-corrected chi connectivity index (χ1v) is 7.98. The number of nitrogens with zero attached hydrogens (tertiary/aromatic N) is 1. The summed E-state index contributed by atoms with van der Waals surface area (Å²) in [6, 6.07) is 2.60. The van der Waals surface area contributed by atoms with Gasteiger partial charge in [0.25, 0.3) is 0 Å². The van der Waals surface area contributed by atoms with Gasteiger partial charge in [0.05, 0.1) is 11.5 Å². The molecule has 0 bridgehead atoms. The van der Waals surface area contributed by atoms with E-state index in [1.807, 2.05) is 0 Å². The number of nitriles is 1. The summed E-state index contributed by atoms with van der Waals surface area (Å²) < 4.78 is 5.70. The average Bonchev–Trinajstić information content (AvgIpc) is 2.38. The van der Waals surface area contributed by atoms with Crippen LogP contribution in [0, 0.1) is 34.5 Å². The Kier molecular flexibility index (Phi) is 6.86. The molecule has 2 nitrogen and oxygen atoms in total. The molecule has 110 valence electrons. The highest BCUT2D eigenvalue weighted by molar-refractivity contribution is 5.01. The molecule has 1 aliphatic carbocycles. The molecule has 0 aliphatic heterocycles. The summed E-state index contributed by atoms with van der Waals surface area (Å²) in [5.74, 6) is 2.29. The topological polar surface area (TPSA) is 33.0 Å². The number of ether oxygens (including phenoxy) is 1. The fourth-order valence-electron chi connectivity index (χ4n) is 2.97. The van der Waals surface area contributed by atoms with E-state index in [1.165, 1.54) is 12.8 Å². The molecule has 1 fully saturated rings. The lowest BCUT2D eigenvalue weighted by atomic mass is 9.67. The van der Waals surface area contributed by atoms with Crippen molar-refractivity contribution in [2.75, 3.05) is 13.2 Å². The first kappa shape index (κ1) is 16.5.